The van der Waals surface area contributed by atoms with Crippen molar-refractivity contribution in [2.75, 3.05) is 32.7 Å². The Hall–Kier alpha value is -0.930. The summed E-state index contributed by atoms with van der Waals surface area (Å²) >= 11 is 0. The van der Waals surface area contributed by atoms with Crippen LogP contribution in [0.2, 0.25) is 0 Å². The van der Waals surface area contributed by atoms with E-state index in [4.69, 9.17) is 0 Å². The van der Waals surface area contributed by atoms with Crippen LogP contribution in [0.25, 0.3) is 0 Å². The Bertz CT molecular complexity index is 453. The highest BCUT2D eigenvalue weighted by molar-refractivity contribution is 5.04. The van der Waals surface area contributed by atoms with Crippen LogP contribution in [-0.2, 0) is 6.42 Å². The standard InChI is InChI=1S/C18H27N3/c1-2-7-19-17(3-1)6-8-20-9-11-21(12-10-20)18-14-15-4-5-16(18)13-15/h1-3,7,15-16,18H,4-6,8-14H2/t15-,16-,18-/m0/s1. The molecule has 2 heterocycles. The molecule has 3 aliphatic rings. The molecule has 3 fully saturated rings. The molecular weight excluding hydrogens is 258 g/mol. The van der Waals surface area contributed by atoms with Gasteiger partial charge in [-0.3, -0.25) is 9.88 Å². The van der Waals surface area contributed by atoms with E-state index >= 15 is 0 Å². The fourth-order valence-electron chi connectivity index (χ4n) is 4.80. The summed E-state index contributed by atoms with van der Waals surface area (Å²) in [6, 6.07) is 7.17. The fourth-order valence-corrected chi connectivity index (χ4v) is 4.80. The van der Waals surface area contributed by atoms with Crippen LogP contribution in [0, 0.1) is 11.8 Å². The SMILES string of the molecule is c1ccc(CCN2CCN([C@H]3C[C@H]4CC[C@H]3C4)CC2)nc1. The lowest BCUT2D eigenvalue weighted by molar-refractivity contribution is 0.0717. The molecule has 0 spiro atoms. The second kappa shape index (κ2) is 6.05. The highest BCUT2D eigenvalue weighted by atomic mass is 15.3. The first-order valence-electron chi connectivity index (χ1n) is 8.75. The van der Waals surface area contributed by atoms with E-state index in [9.17, 15) is 0 Å². The van der Waals surface area contributed by atoms with Crippen molar-refractivity contribution in [3.63, 3.8) is 0 Å². The molecule has 0 unspecified atom stereocenters. The first-order chi connectivity index (χ1) is 10.4. The topological polar surface area (TPSA) is 19.4 Å². The van der Waals surface area contributed by atoms with Crippen molar-refractivity contribution < 1.29 is 0 Å². The lowest BCUT2D eigenvalue weighted by Crippen LogP contribution is -2.52. The molecule has 3 nitrogen and oxygen atoms in total. The van der Waals surface area contributed by atoms with E-state index < -0.39 is 0 Å². The molecule has 1 aromatic heterocycles. The zero-order valence-corrected chi connectivity index (χ0v) is 13.0. The summed E-state index contributed by atoms with van der Waals surface area (Å²) in [6.07, 6.45) is 9.06. The molecule has 0 N–H and O–H groups in total. The van der Waals surface area contributed by atoms with Crippen LogP contribution < -0.4 is 0 Å². The Balaban J connectivity index is 1.24. The number of hydrogen-bond donors (Lipinski definition) is 0. The number of nitrogens with zero attached hydrogens (tertiary/aromatic N) is 3. The van der Waals surface area contributed by atoms with E-state index in [-0.39, 0.29) is 0 Å². The number of hydrogen-bond acceptors (Lipinski definition) is 3. The number of piperazine rings is 1. The molecule has 2 aliphatic carbocycles. The van der Waals surface area contributed by atoms with Gasteiger partial charge in [0.2, 0.25) is 0 Å². The third kappa shape index (κ3) is 3.00. The molecule has 3 atom stereocenters. The molecule has 2 saturated carbocycles. The van der Waals surface area contributed by atoms with Gasteiger partial charge in [-0.15, -0.1) is 0 Å². The van der Waals surface area contributed by atoms with Crippen LogP contribution in [0.15, 0.2) is 24.4 Å². The minimum absolute atomic E-state index is 0.932. The molecule has 0 aromatic carbocycles. The van der Waals surface area contributed by atoms with Gasteiger partial charge in [-0.25, -0.2) is 0 Å². The van der Waals surface area contributed by atoms with Crippen molar-refractivity contribution in [2.24, 2.45) is 11.8 Å². The third-order valence-electron chi connectivity index (χ3n) is 5.99. The normalized spacial score (nSPS) is 33.6. The second-order valence-corrected chi connectivity index (χ2v) is 7.19. The predicted molar refractivity (Wildman–Crippen MR) is 85.2 cm³/mol. The first-order valence-corrected chi connectivity index (χ1v) is 8.75. The molecule has 114 valence electrons. The molecule has 1 saturated heterocycles. The van der Waals surface area contributed by atoms with Gasteiger partial charge in [-0.2, -0.15) is 0 Å². The maximum absolute atomic E-state index is 4.43. The summed E-state index contributed by atoms with van der Waals surface area (Å²) in [5, 5.41) is 0. The number of aromatic nitrogens is 1. The van der Waals surface area contributed by atoms with E-state index in [0.717, 1.165) is 24.3 Å². The summed E-state index contributed by atoms with van der Waals surface area (Å²) in [4.78, 5) is 9.86. The summed E-state index contributed by atoms with van der Waals surface area (Å²) in [6.45, 7) is 6.25. The van der Waals surface area contributed by atoms with Crippen molar-refractivity contribution in [3.05, 3.63) is 30.1 Å². The molecule has 21 heavy (non-hydrogen) atoms. The maximum atomic E-state index is 4.43. The van der Waals surface area contributed by atoms with E-state index in [0.29, 0.717) is 0 Å². The van der Waals surface area contributed by atoms with Crippen LogP contribution >= 0.6 is 0 Å². The summed E-state index contributed by atoms with van der Waals surface area (Å²) in [5.74, 6) is 2.11. The minimum atomic E-state index is 0.932. The van der Waals surface area contributed by atoms with Gasteiger partial charge < -0.3 is 4.90 Å². The fraction of sp³-hybridized carbons (Fsp3) is 0.722. The van der Waals surface area contributed by atoms with E-state index in [2.05, 4.69) is 26.9 Å². The van der Waals surface area contributed by atoms with Gasteiger partial charge in [-0.05, 0) is 43.2 Å². The molecular formula is C18H27N3. The first kappa shape index (κ1) is 13.7. The van der Waals surface area contributed by atoms with Crippen LogP contribution in [0.5, 0.6) is 0 Å². The van der Waals surface area contributed by atoms with Gasteiger partial charge in [0.05, 0.1) is 0 Å². The molecule has 2 bridgehead atoms. The van der Waals surface area contributed by atoms with Crippen LogP contribution in [0.4, 0.5) is 0 Å². The third-order valence-corrected chi connectivity index (χ3v) is 5.99. The highest BCUT2D eigenvalue weighted by Crippen LogP contribution is 2.46. The number of pyridine rings is 1. The molecule has 0 radical (unpaired) electrons. The van der Waals surface area contributed by atoms with Gasteiger partial charge >= 0.3 is 0 Å². The van der Waals surface area contributed by atoms with Crippen molar-refractivity contribution in [2.45, 2.75) is 38.1 Å². The quantitative estimate of drug-likeness (QED) is 0.847. The van der Waals surface area contributed by atoms with Gasteiger partial charge in [-0.1, -0.05) is 12.5 Å². The van der Waals surface area contributed by atoms with Crippen LogP contribution in [0.1, 0.15) is 31.4 Å². The Morgan fingerprint density at radius 2 is 1.95 bits per heavy atom. The van der Waals surface area contributed by atoms with E-state index in [1.165, 1.54) is 64.1 Å². The highest BCUT2D eigenvalue weighted by Gasteiger charge is 2.42. The average molecular weight is 285 g/mol. The molecule has 0 amide bonds. The molecule has 4 rings (SSSR count). The van der Waals surface area contributed by atoms with Crippen LogP contribution in [0.3, 0.4) is 0 Å². The molecule has 1 aromatic rings. The number of rotatable bonds is 4. The monoisotopic (exact) mass is 285 g/mol. The minimum Gasteiger partial charge on any atom is -0.300 e. The maximum Gasteiger partial charge on any atom is 0.0416 e. The lowest BCUT2D eigenvalue weighted by Gasteiger charge is -2.41. The summed E-state index contributed by atoms with van der Waals surface area (Å²) < 4.78 is 0. The van der Waals surface area contributed by atoms with Crippen molar-refractivity contribution in [1.82, 2.24) is 14.8 Å². The largest absolute Gasteiger partial charge is 0.300 e. The zero-order chi connectivity index (χ0) is 14.1. The number of fused-ring (bicyclic) bond motifs is 2. The van der Waals surface area contributed by atoms with Crippen molar-refractivity contribution >= 4 is 0 Å². The lowest BCUT2D eigenvalue weighted by atomic mass is 9.93. The van der Waals surface area contributed by atoms with Crippen molar-refractivity contribution in [1.29, 1.82) is 0 Å². The summed E-state index contributed by atoms with van der Waals surface area (Å²) in [7, 11) is 0. The van der Waals surface area contributed by atoms with Gasteiger partial charge in [0.1, 0.15) is 0 Å². The van der Waals surface area contributed by atoms with Gasteiger partial charge in [0, 0.05) is 57.1 Å². The summed E-state index contributed by atoms with van der Waals surface area (Å²) in [5.41, 5.74) is 1.23. The van der Waals surface area contributed by atoms with Gasteiger partial charge in [0.25, 0.3) is 0 Å². The Morgan fingerprint density at radius 3 is 2.62 bits per heavy atom. The average Bonchev–Trinajstić information content (AvgIpc) is 3.17. The Labute approximate surface area is 128 Å². The van der Waals surface area contributed by atoms with Crippen LogP contribution in [-0.4, -0.2) is 53.5 Å². The van der Waals surface area contributed by atoms with Crippen molar-refractivity contribution in [3.8, 4) is 0 Å². The molecule has 1 aliphatic heterocycles. The van der Waals surface area contributed by atoms with Gasteiger partial charge in [0.15, 0.2) is 0 Å². The predicted octanol–water partition coefficient (Wildman–Crippen LogP) is 2.43. The molecule has 3 heteroatoms. The van der Waals surface area contributed by atoms with E-state index in [1.807, 2.05) is 12.3 Å². The smallest absolute Gasteiger partial charge is 0.0416 e. The zero-order valence-electron chi connectivity index (χ0n) is 13.0. The Kier molecular flexibility index (Phi) is 3.95. The Morgan fingerprint density at radius 1 is 1.05 bits per heavy atom. The second-order valence-electron chi connectivity index (χ2n) is 7.19. The van der Waals surface area contributed by atoms with E-state index in [1.54, 1.807) is 0 Å².